The first-order valence-electron chi connectivity index (χ1n) is 10.0. The molecule has 32 heavy (non-hydrogen) atoms. The average Bonchev–Trinajstić information content (AvgIpc) is 2.86. The number of pyridine rings is 1. The topological polar surface area (TPSA) is 99.1 Å². The third-order valence-electron chi connectivity index (χ3n) is 4.83. The Morgan fingerprint density at radius 3 is 2.28 bits per heavy atom. The number of nitrogens with one attached hydrogen (secondary N) is 1. The minimum atomic E-state index is -0.435. The van der Waals surface area contributed by atoms with Gasteiger partial charge < -0.3 is 18.9 Å². The van der Waals surface area contributed by atoms with Gasteiger partial charge in [0.1, 0.15) is 28.7 Å². The molecule has 0 aliphatic carbocycles. The number of hydroxylamine groups is 1. The summed E-state index contributed by atoms with van der Waals surface area (Å²) in [5.41, 5.74) is 4.73. The minimum absolute atomic E-state index is 0.192. The van der Waals surface area contributed by atoms with Gasteiger partial charge in [0.2, 0.25) is 5.91 Å². The van der Waals surface area contributed by atoms with E-state index in [9.17, 15) is 4.79 Å². The second-order valence-corrected chi connectivity index (χ2v) is 6.82. The molecule has 0 aliphatic rings. The molecule has 2 N–H and O–H groups in total. The number of benzene rings is 2. The summed E-state index contributed by atoms with van der Waals surface area (Å²) in [6.45, 7) is 0.362. The van der Waals surface area contributed by atoms with Gasteiger partial charge in [-0.05, 0) is 55.0 Å². The van der Waals surface area contributed by atoms with Crippen LogP contribution in [-0.2, 0) is 4.79 Å². The summed E-state index contributed by atoms with van der Waals surface area (Å²) in [7, 11) is 4.82. The maximum absolute atomic E-state index is 11.0. The van der Waals surface area contributed by atoms with Crippen molar-refractivity contribution in [1.82, 2.24) is 10.5 Å². The summed E-state index contributed by atoms with van der Waals surface area (Å²) in [4.78, 5) is 15.9. The highest BCUT2D eigenvalue weighted by atomic mass is 16.5. The number of methoxy groups -OCH3 is 3. The third-order valence-corrected chi connectivity index (χ3v) is 4.83. The molecule has 8 nitrogen and oxygen atoms in total. The summed E-state index contributed by atoms with van der Waals surface area (Å²) in [5, 5.41) is 8.51. The molecule has 3 aromatic rings. The van der Waals surface area contributed by atoms with E-state index < -0.39 is 5.91 Å². The lowest BCUT2D eigenvalue weighted by Crippen LogP contribution is -2.18. The molecular formula is C24H26N2O6. The molecule has 0 bridgehead atoms. The van der Waals surface area contributed by atoms with Crippen LogP contribution in [0.1, 0.15) is 12.8 Å². The number of aromatic nitrogens is 1. The Kier molecular flexibility index (Phi) is 7.88. The van der Waals surface area contributed by atoms with Crippen molar-refractivity contribution in [2.24, 2.45) is 0 Å². The zero-order valence-electron chi connectivity index (χ0n) is 18.3. The van der Waals surface area contributed by atoms with Crippen LogP contribution >= 0.6 is 0 Å². The summed E-state index contributed by atoms with van der Waals surface area (Å²) in [6, 6.07) is 16.8. The van der Waals surface area contributed by atoms with Crippen LogP contribution in [0.5, 0.6) is 23.0 Å². The van der Waals surface area contributed by atoms with Crippen molar-refractivity contribution in [2.45, 2.75) is 12.8 Å². The van der Waals surface area contributed by atoms with Crippen molar-refractivity contribution in [3.8, 4) is 45.5 Å². The lowest BCUT2D eigenvalue weighted by molar-refractivity contribution is -0.129. The molecule has 0 aliphatic heterocycles. The molecule has 0 radical (unpaired) electrons. The number of hydrogen-bond donors (Lipinski definition) is 2. The molecule has 0 unspecified atom stereocenters. The molecule has 0 fully saturated rings. The second-order valence-electron chi connectivity index (χ2n) is 6.82. The van der Waals surface area contributed by atoms with Gasteiger partial charge in [-0.25, -0.2) is 10.5 Å². The van der Waals surface area contributed by atoms with Crippen LogP contribution in [-0.4, -0.2) is 44.0 Å². The van der Waals surface area contributed by atoms with Gasteiger partial charge in [-0.15, -0.1) is 0 Å². The Morgan fingerprint density at radius 1 is 0.906 bits per heavy atom. The van der Waals surface area contributed by atoms with Crippen molar-refractivity contribution in [2.75, 3.05) is 27.9 Å². The van der Waals surface area contributed by atoms with E-state index in [0.717, 1.165) is 16.8 Å². The molecule has 1 heterocycles. The molecule has 1 aromatic heterocycles. The number of nitrogens with zero attached hydrogens (tertiary/aromatic N) is 1. The van der Waals surface area contributed by atoms with Crippen LogP contribution < -0.4 is 24.4 Å². The van der Waals surface area contributed by atoms with Gasteiger partial charge in [0.05, 0.1) is 33.6 Å². The maximum Gasteiger partial charge on any atom is 0.243 e. The van der Waals surface area contributed by atoms with Gasteiger partial charge in [-0.1, -0.05) is 0 Å². The summed E-state index contributed by atoms with van der Waals surface area (Å²) in [5.74, 6) is 2.24. The second kappa shape index (κ2) is 11.0. The minimum Gasteiger partial charge on any atom is -0.497 e. The van der Waals surface area contributed by atoms with Crippen LogP contribution in [0.3, 0.4) is 0 Å². The van der Waals surface area contributed by atoms with E-state index in [1.165, 1.54) is 0 Å². The highest BCUT2D eigenvalue weighted by Gasteiger charge is 2.14. The van der Waals surface area contributed by atoms with E-state index in [1.807, 2.05) is 54.6 Å². The Balaban J connectivity index is 1.83. The molecular weight excluding hydrogens is 412 g/mol. The molecule has 0 saturated carbocycles. The van der Waals surface area contributed by atoms with Crippen molar-refractivity contribution in [1.29, 1.82) is 0 Å². The van der Waals surface area contributed by atoms with Gasteiger partial charge in [-0.3, -0.25) is 10.0 Å². The number of carbonyl (C=O) groups excluding carboxylic acids is 1. The monoisotopic (exact) mass is 438 g/mol. The highest BCUT2D eigenvalue weighted by Crippen LogP contribution is 2.36. The fourth-order valence-corrected chi connectivity index (χ4v) is 3.17. The smallest absolute Gasteiger partial charge is 0.243 e. The third kappa shape index (κ3) is 5.47. The number of ether oxygens (including phenoxy) is 4. The first kappa shape index (κ1) is 22.9. The van der Waals surface area contributed by atoms with Crippen molar-refractivity contribution in [3.63, 3.8) is 0 Å². The molecule has 1 amide bonds. The van der Waals surface area contributed by atoms with E-state index >= 15 is 0 Å². The van der Waals surface area contributed by atoms with Gasteiger partial charge in [0, 0.05) is 23.6 Å². The predicted octanol–water partition coefficient (Wildman–Crippen LogP) is 4.11. The summed E-state index contributed by atoms with van der Waals surface area (Å²) in [6.07, 6.45) is 0.687. The zero-order valence-corrected chi connectivity index (χ0v) is 18.3. The average molecular weight is 438 g/mol. The summed E-state index contributed by atoms with van der Waals surface area (Å²) < 4.78 is 22.0. The van der Waals surface area contributed by atoms with E-state index in [2.05, 4.69) is 0 Å². The maximum atomic E-state index is 11.0. The van der Waals surface area contributed by atoms with E-state index in [1.54, 1.807) is 26.8 Å². The van der Waals surface area contributed by atoms with Crippen LogP contribution in [0.4, 0.5) is 0 Å². The molecule has 0 spiro atoms. The van der Waals surface area contributed by atoms with E-state index in [-0.39, 0.29) is 6.42 Å². The molecule has 2 aromatic carbocycles. The first-order valence-corrected chi connectivity index (χ1v) is 10.0. The standard InChI is InChI=1S/C24H26N2O6/c1-29-18-10-11-19(22(15-18)31-3)20-12-13-21(30-2)24(25-20)16-6-8-17(9-7-16)32-14-4-5-23(27)26-28/h6-13,15,28H,4-5,14H2,1-3H3,(H,26,27). The fraction of sp³-hybridized carbons (Fsp3) is 0.250. The normalized spacial score (nSPS) is 10.4. The molecule has 0 atom stereocenters. The Labute approximate surface area is 186 Å². The Bertz CT molecular complexity index is 1050. The number of carbonyl (C=O) groups is 1. The number of amides is 1. The zero-order chi connectivity index (χ0) is 22.9. The largest absolute Gasteiger partial charge is 0.497 e. The summed E-state index contributed by atoms with van der Waals surface area (Å²) >= 11 is 0. The lowest BCUT2D eigenvalue weighted by atomic mass is 10.1. The van der Waals surface area contributed by atoms with E-state index in [0.29, 0.717) is 41.7 Å². The quantitative estimate of drug-likeness (QED) is 0.279. The fourth-order valence-electron chi connectivity index (χ4n) is 3.17. The lowest BCUT2D eigenvalue weighted by Gasteiger charge is -2.14. The first-order chi connectivity index (χ1) is 15.6. The van der Waals surface area contributed by atoms with Crippen LogP contribution in [0.15, 0.2) is 54.6 Å². The van der Waals surface area contributed by atoms with Gasteiger partial charge in [0.15, 0.2) is 0 Å². The van der Waals surface area contributed by atoms with Crippen molar-refractivity contribution in [3.05, 3.63) is 54.6 Å². The van der Waals surface area contributed by atoms with Crippen LogP contribution in [0, 0.1) is 0 Å². The molecule has 168 valence electrons. The van der Waals surface area contributed by atoms with Crippen LogP contribution in [0.2, 0.25) is 0 Å². The number of hydrogen-bond acceptors (Lipinski definition) is 7. The predicted molar refractivity (Wildman–Crippen MR) is 119 cm³/mol. The Hall–Kier alpha value is -3.78. The number of rotatable bonds is 10. The van der Waals surface area contributed by atoms with Crippen LogP contribution in [0.25, 0.3) is 22.5 Å². The Morgan fingerprint density at radius 2 is 1.62 bits per heavy atom. The van der Waals surface area contributed by atoms with Crippen molar-refractivity contribution >= 4 is 5.91 Å². The van der Waals surface area contributed by atoms with Gasteiger partial charge in [0.25, 0.3) is 0 Å². The molecule has 3 rings (SSSR count). The van der Waals surface area contributed by atoms with E-state index in [4.69, 9.17) is 29.1 Å². The molecule has 0 saturated heterocycles. The van der Waals surface area contributed by atoms with Crippen molar-refractivity contribution < 1.29 is 28.9 Å². The SMILES string of the molecule is COc1ccc(-c2ccc(OC)c(-c3ccc(OCCCC(=O)NO)cc3)n2)c(OC)c1. The highest BCUT2D eigenvalue weighted by molar-refractivity contribution is 5.75. The van der Waals surface area contributed by atoms with Gasteiger partial charge >= 0.3 is 0 Å². The van der Waals surface area contributed by atoms with Gasteiger partial charge in [-0.2, -0.15) is 0 Å². The molecule has 8 heteroatoms.